The molecule has 2 saturated heterocycles. The minimum absolute atomic E-state index is 0.297. The zero-order valence-corrected chi connectivity index (χ0v) is 16.6. The molecule has 3 heterocycles. The smallest absolute Gasteiger partial charge is 0.236 e. The first-order chi connectivity index (χ1) is 12.7. The van der Waals surface area contributed by atoms with E-state index in [1.54, 1.807) is 0 Å². The highest BCUT2D eigenvalue weighted by atomic mass is 16.2. The van der Waals surface area contributed by atoms with Gasteiger partial charge in [-0.1, -0.05) is 13.3 Å². The Morgan fingerprint density at radius 2 is 2.08 bits per heavy atom. The second kappa shape index (κ2) is 9.51. The summed E-state index contributed by atoms with van der Waals surface area (Å²) in [5.74, 6) is 1.85. The molecular weight excluding hydrogens is 326 g/mol. The molecule has 146 valence electrons. The molecule has 6 heteroatoms. The van der Waals surface area contributed by atoms with Crippen molar-refractivity contribution in [2.45, 2.75) is 51.5 Å². The number of hydrogen-bond acceptors (Lipinski definition) is 4. The number of nitrogens with zero attached hydrogens (tertiary/aromatic N) is 5. The zero-order valence-electron chi connectivity index (χ0n) is 16.6. The number of likely N-dealkylation sites (tertiary alicyclic amines) is 1. The number of imidazole rings is 1. The second-order valence-corrected chi connectivity index (χ2v) is 7.94. The van der Waals surface area contributed by atoms with Gasteiger partial charge in [0.2, 0.25) is 5.91 Å². The van der Waals surface area contributed by atoms with E-state index in [1.807, 2.05) is 6.20 Å². The predicted molar refractivity (Wildman–Crippen MR) is 104 cm³/mol. The lowest BCUT2D eigenvalue weighted by Gasteiger charge is -2.34. The summed E-state index contributed by atoms with van der Waals surface area (Å²) in [5, 5.41) is 0. The van der Waals surface area contributed by atoms with Crippen LogP contribution in [0.2, 0.25) is 0 Å². The molecular formula is C20H35N5O. The number of carbonyl (C=O) groups is 1. The number of carbonyl (C=O) groups excluding carboxylic acids is 1. The Kier molecular flexibility index (Phi) is 7.08. The van der Waals surface area contributed by atoms with Gasteiger partial charge < -0.3 is 14.4 Å². The highest BCUT2D eigenvalue weighted by molar-refractivity contribution is 5.78. The van der Waals surface area contributed by atoms with Crippen molar-refractivity contribution < 1.29 is 4.79 Å². The molecule has 2 fully saturated rings. The van der Waals surface area contributed by atoms with Gasteiger partial charge in [0.15, 0.2) is 0 Å². The first-order valence-corrected chi connectivity index (χ1v) is 10.4. The molecule has 1 aromatic rings. The fourth-order valence-electron chi connectivity index (χ4n) is 4.16. The van der Waals surface area contributed by atoms with Crippen molar-refractivity contribution in [2.75, 3.05) is 52.9 Å². The van der Waals surface area contributed by atoms with Crippen LogP contribution in [-0.4, -0.2) is 83.0 Å². The van der Waals surface area contributed by atoms with Gasteiger partial charge in [-0.25, -0.2) is 4.98 Å². The average molecular weight is 362 g/mol. The van der Waals surface area contributed by atoms with Crippen molar-refractivity contribution in [3.63, 3.8) is 0 Å². The van der Waals surface area contributed by atoms with Crippen LogP contribution < -0.4 is 0 Å². The van der Waals surface area contributed by atoms with E-state index >= 15 is 0 Å². The SMILES string of the molecule is CCCCn1ccnc1[C@H]1CCCN(C(=O)CN2CCCN(C)CC2)C1. The molecule has 0 aliphatic carbocycles. The Labute approximate surface area is 158 Å². The lowest BCUT2D eigenvalue weighted by atomic mass is 9.97. The summed E-state index contributed by atoms with van der Waals surface area (Å²) in [6.45, 7) is 9.80. The molecule has 0 spiro atoms. The van der Waals surface area contributed by atoms with E-state index < -0.39 is 0 Å². The zero-order chi connectivity index (χ0) is 18.4. The number of hydrogen-bond donors (Lipinski definition) is 0. The first kappa shape index (κ1) is 19.4. The van der Waals surface area contributed by atoms with Crippen LogP contribution in [0.3, 0.4) is 0 Å². The van der Waals surface area contributed by atoms with Crippen LogP contribution in [0, 0.1) is 0 Å². The van der Waals surface area contributed by atoms with Gasteiger partial charge >= 0.3 is 0 Å². The van der Waals surface area contributed by atoms with Crippen LogP contribution in [0.15, 0.2) is 12.4 Å². The molecule has 0 N–H and O–H groups in total. The molecule has 6 nitrogen and oxygen atoms in total. The third kappa shape index (κ3) is 5.07. The molecule has 0 bridgehead atoms. The molecule has 0 unspecified atom stereocenters. The molecule has 2 aliphatic rings. The summed E-state index contributed by atoms with van der Waals surface area (Å²) < 4.78 is 2.30. The molecule has 26 heavy (non-hydrogen) atoms. The predicted octanol–water partition coefficient (Wildman–Crippen LogP) is 2.03. The third-order valence-corrected chi connectivity index (χ3v) is 5.81. The average Bonchev–Trinajstić information content (AvgIpc) is 3.03. The Bertz CT molecular complexity index is 572. The molecule has 2 aliphatic heterocycles. The van der Waals surface area contributed by atoms with Gasteiger partial charge in [0.1, 0.15) is 5.82 Å². The summed E-state index contributed by atoms with van der Waals surface area (Å²) in [6, 6.07) is 0. The summed E-state index contributed by atoms with van der Waals surface area (Å²) in [6.07, 6.45) is 9.77. The molecule has 0 radical (unpaired) electrons. The fraction of sp³-hybridized carbons (Fsp3) is 0.800. The van der Waals surface area contributed by atoms with Crippen LogP contribution in [0.1, 0.15) is 50.8 Å². The van der Waals surface area contributed by atoms with Crippen molar-refractivity contribution in [3.8, 4) is 0 Å². The Balaban J connectivity index is 1.56. The van der Waals surface area contributed by atoms with E-state index in [-0.39, 0.29) is 0 Å². The van der Waals surface area contributed by atoms with E-state index in [9.17, 15) is 4.79 Å². The van der Waals surface area contributed by atoms with E-state index in [4.69, 9.17) is 0 Å². The normalized spacial score (nSPS) is 23.2. The summed E-state index contributed by atoms with van der Waals surface area (Å²) in [4.78, 5) is 24.3. The Hall–Kier alpha value is -1.40. The minimum atomic E-state index is 0.297. The van der Waals surface area contributed by atoms with Crippen molar-refractivity contribution in [1.82, 2.24) is 24.3 Å². The van der Waals surface area contributed by atoms with Crippen molar-refractivity contribution >= 4 is 5.91 Å². The van der Waals surface area contributed by atoms with E-state index in [0.29, 0.717) is 18.4 Å². The number of amides is 1. The van der Waals surface area contributed by atoms with E-state index in [1.165, 1.54) is 18.7 Å². The van der Waals surface area contributed by atoms with Crippen LogP contribution in [0.5, 0.6) is 0 Å². The first-order valence-electron chi connectivity index (χ1n) is 10.4. The number of aryl methyl sites for hydroxylation is 1. The summed E-state index contributed by atoms with van der Waals surface area (Å²) in [5.41, 5.74) is 0. The molecule has 1 atom stereocenters. The number of rotatable bonds is 6. The van der Waals surface area contributed by atoms with Crippen LogP contribution in [0.4, 0.5) is 0 Å². The lowest BCUT2D eigenvalue weighted by molar-refractivity contribution is -0.133. The van der Waals surface area contributed by atoms with Gasteiger partial charge in [-0.2, -0.15) is 0 Å². The highest BCUT2D eigenvalue weighted by Crippen LogP contribution is 2.26. The lowest BCUT2D eigenvalue weighted by Crippen LogP contribution is -2.45. The van der Waals surface area contributed by atoms with Crippen LogP contribution in [-0.2, 0) is 11.3 Å². The molecule has 1 aromatic heterocycles. The monoisotopic (exact) mass is 361 g/mol. The maximum Gasteiger partial charge on any atom is 0.236 e. The van der Waals surface area contributed by atoms with Crippen molar-refractivity contribution in [3.05, 3.63) is 18.2 Å². The highest BCUT2D eigenvalue weighted by Gasteiger charge is 2.28. The minimum Gasteiger partial charge on any atom is -0.341 e. The second-order valence-electron chi connectivity index (χ2n) is 7.94. The third-order valence-electron chi connectivity index (χ3n) is 5.81. The van der Waals surface area contributed by atoms with Gasteiger partial charge in [-0.15, -0.1) is 0 Å². The quantitative estimate of drug-likeness (QED) is 0.778. The number of likely N-dealkylation sites (N-methyl/N-ethyl adjacent to an activating group) is 1. The number of piperidine rings is 1. The molecule has 0 aromatic carbocycles. The van der Waals surface area contributed by atoms with E-state index in [2.05, 4.69) is 44.4 Å². The number of unbranched alkanes of at least 4 members (excludes halogenated alkanes) is 1. The standard InChI is InChI=1S/C20H35N5O/c1-3-4-11-24-13-8-21-20(24)18-7-5-12-25(16-18)19(26)17-23-10-6-9-22(2)14-15-23/h8,13,18H,3-7,9-12,14-17H2,1-2H3/t18-/m0/s1. The van der Waals surface area contributed by atoms with E-state index in [0.717, 1.165) is 65.1 Å². The van der Waals surface area contributed by atoms with Gasteiger partial charge in [0, 0.05) is 51.0 Å². The van der Waals surface area contributed by atoms with Crippen molar-refractivity contribution in [1.29, 1.82) is 0 Å². The fourth-order valence-corrected chi connectivity index (χ4v) is 4.16. The molecule has 3 rings (SSSR count). The van der Waals surface area contributed by atoms with Gasteiger partial charge in [-0.3, -0.25) is 9.69 Å². The summed E-state index contributed by atoms with van der Waals surface area (Å²) in [7, 11) is 2.17. The van der Waals surface area contributed by atoms with Crippen molar-refractivity contribution in [2.24, 2.45) is 0 Å². The summed E-state index contributed by atoms with van der Waals surface area (Å²) >= 11 is 0. The van der Waals surface area contributed by atoms with Gasteiger partial charge in [0.05, 0.1) is 6.54 Å². The van der Waals surface area contributed by atoms with Crippen LogP contribution >= 0.6 is 0 Å². The van der Waals surface area contributed by atoms with Gasteiger partial charge in [0.25, 0.3) is 0 Å². The Morgan fingerprint density at radius 1 is 1.19 bits per heavy atom. The maximum absolute atomic E-state index is 12.9. The van der Waals surface area contributed by atoms with Gasteiger partial charge in [-0.05, 0) is 45.8 Å². The maximum atomic E-state index is 12.9. The topological polar surface area (TPSA) is 44.6 Å². The van der Waals surface area contributed by atoms with Crippen LogP contribution in [0.25, 0.3) is 0 Å². The number of aromatic nitrogens is 2. The molecule has 0 saturated carbocycles. The Morgan fingerprint density at radius 3 is 2.92 bits per heavy atom. The largest absolute Gasteiger partial charge is 0.341 e. The molecule has 1 amide bonds.